The summed E-state index contributed by atoms with van der Waals surface area (Å²) in [5.74, 6) is -0.203. The summed E-state index contributed by atoms with van der Waals surface area (Å²) in [4.78, 5) is 0. The number of halogens is 3. The van der Waals surface area contributed by atoms with E-state index < -0.39 is 17.2 Å². The van der Waals surface area contributed by atoms with Crippen LogP contribution in [0.4, 0.5) is 8.78 Å². The van der Waals surface area contributed by atoms with Gasteiger partial charge in [-0.15, -0.1) is 0 Å². The molecule has 1 aliphatic heterocycles. The summed E-state index contributed by atoms with van der Waals surface area (Å²) in [6.45, 7) is 1.91. The van der Waals surface area contributed by atoms with E-state index in [1.165, 1.54) is 12.1 Å². The third-order valence-corrected chi connectivity index (χ3v) is 5.58. The zero-order chi connectivity index (χ0) is 13.3. The molecule has 1 aliphatic rings. The van der Waals surface area contributed by atoms with Crippen LogP contribution in [0.25, 0.3) is 0 Å². The summed E-state index contributed by atoms with van der Waals surface area (Å²) in [7, 11) is 0. The Hall–Kier alpha value is -0.130. The number of thioether (sulfide) groups is 1. The predicted octanol–water partition coefficient (Wildman–Crippen LogP) is 3.92. The average molecular weight is 337 g/mol. The van der Waals surface area contributed by atoms with Crippen molar-refractivity contribution in [2.24, 2.45) is 0 Å². The molecule has 0 saturated carbocycles. The molecule has 0 radical (unpaired) electrons. The summed E-state index contributed by atoms with van der Waals surface area (Å²) in [6.07, 6.45) is 1.49. The van der Waals surface area contributed by atoms with Crippen molar-refractivity contribution in [3.05, 3.63) is 33.8 Å². The Balaban J connectivity index is 2.31. The highest BCUT2D eigenvalue weighted by Gasteiger charge is 2.38. The molecule has 1 aromatic carbocycles. The van der Waals surface area contributed by atoms with Gasteiger partial charge in [0.05, 0.1) is 10.1 Å². The van der Waals surface area contributed by atoms with Gasteiger partial charge in [-0.05, 0) is 46.7 Å². The van der Waals surface area contributed by atoms with Crippen molar-refractivity contribution in [1.82, 2.24) is 0 Å². The van der Waals surface area contributed by atoms with Gasteiger partial charge in [0.25, 0.3) is 0 Å². The molecule has 1 saturated heterocycles. The largest absolute Gasteiger partial charge is 0.388 e. The van der Waals surface area contributed by atoms with Crippen molar-refractivity contribution in [2.75, 3.05) is 5.75 Å². The van der Waals surface area contributed by atoms with E-state index in [9.17, 15) is 13.9 Å². The van der Waals surface area contributed by atoms with Gasteiger partial charge < -0.3 is 5.11 Å². The zero-order valence-corrected chi connectivity index (χ0v) is 12.5. The summed E-state index contributed by atoms with van der Waals surface area (Å²) < 4.78 is 27.8. The highest BCUT2D eigenvalue weighted by molar-refractivity contribution is 9.10. The Morgan fingerprint density at radius 3 is 2.89 bits per heavy atom. The molecule has 5 heteroatoms. The van der Waals surface area contributed by atoms with Gasteiger partial charge in [0.2, 0.25) is 0 Å². The van der Waals surface area contributed by atoms with Gasteiger partial charge in [-0.25, -0.2) is 8.78 Å². The van der Waals surface area contributed by atoms with Gasteiger partial charge in [0, 0.05) is 17.2 Å². The molecule has 0 amide bonds. The molecule has 18 heavy (non-hydrogen) atoms. The van der Waals surface area contributed by atoms with Crippen LogP contribution in [-0.4, -0.2) is 21.7 Å². The Bertz CT molecular complexity index is 455. The maximum absolute atomic E-state index is 13.9. The molecule has 1 fully saturated rings. The van der Waals surface area contributed by atoms with Crippen LogP contribution in [0.2, 0.25) is 0 Å². The quantitative estimate of drug-likeness (QED) is 0.826. The molecule has 0 bridgehead atoms. The molecule has 0 spiro atoms. The van der Waals surface area contributed by atoms with E-state index in [2.05, 4.69) is 15.9 Å². The minimum atomic E-state index is -1.02. The van der Waals surface area contributed by atoms with Gasteiger partial charge >= 0.3 is 0 Å². The third kappa shape index (κ3) is 2.73. The van der Waals surface area contributed by atoms with E-state index in [1.54, 1.807) is 11.8 Å². The Labute approximate surface area is 118 Å². The zero-order valence-electron chi connectivity index (χ0n) is 10.0. The molecule has 2 rings (SSSR count). The fraction of sp³-hybridized carbons (Fsp3) is 0.538. The normalized spacial score (nSPS) is 28.4. The topological polar surface area (TPSA) is 20.2 Å². The van der Waals surface area contributed by atoms with Crippen molar-refractivity contribution >= 4 is 27.7 Å². The lowest BCUT2D eigenvalue weighted by Crippen LogP contribution is -2.44. The predicted molar refractivity (Wildman–Crippen MR) is 73.9 cm³/mol. The number of hydrogen-bond donors (Lipinski definition) is 1. The van der Waals surface area contributed by atoms with E-state index in [1.807, 2.05) is 6.92 Å². The molecular weight excluding hydrogens is 322 g/mol. The first-order valence-electron chi connectivity index (χ1n) is 5.90. The van der Waals surface area contributed by atoms with Crippen LogP contribution in [0.5, 0.6) is 0 Å². The summed E-state index contributed by atoms with van der Waals surface area (Å²) >= 11 is 4.70. The minimum Gasteiger partial charge on any atom is -0.388 e. The van der Waals surface area contributed by atoms with Gasteiger partial charge in [-0.3, -0.25) is 0 Å². The molecule has 100 valence electrons. The molecule has 1 aromatic rings. The van der Waals surface area contributed by atoms with Crippen LogP contribution in [-0.2, 0) is 6.42 Å². The van der Waals surface area contributed by atoms with Gasteiger partial charge in [-0.1, -0.05) is 6.92 Å². The summed E-state index contributed by atoms with van der Waals surface area (Å²) in [5, 5.41) is 10.6. The maximum Gasteiger partial charge on any atom is 0.143 e. The fourth-order valence-corrected chi connectivity index (χ4v) is 3.81. The number of hydrogen-bond acceptors (Lipinski definition) is 2. The highest BCUT2D eigenvalue weighted by Crippen LogP contribution is 2.37. The van der Waals surface area contributed by atoms with Crippen LogP contribution < -0.4 is 0 Å². The molecule has 1 nitrogen and oxygen atoms in total. The SMILES string of the molecule is CC1SCCCC1(O)Cc1c(F)ccc(Br)c1F. The molecular formula is C13H15BrF2OS. The lowest BCUT2D eigenvalue weighted by Gasteiger charge is -2.38. The number of benzene rings is 1. The lowest BCUT2D eigenvalue weighted by molar-refractivity contribution is 0.0281. The molecule has 2 atom stereocenters. The fourth-order valence-electron chi connectivity index (χ4n) is 2.27. The van der Waals surface area contributed by atoms with Crippen LogP contribution in [0.3, 0.4) is 0 Å². The van der Waals surface area contributed by atoms with Crippen LogP contribution in [0, 0.1) is 11.6 Å². The van der Waals surface area contributed by atoms with Crippen LogP contribution in [0.15, 0.2) is 16.6 Å². The minimum absolute atomic E-state index is 0.0102. The smallest absolute Gasteiger partial charge is 0.143 e. The van der Waals surface area contributed by atoms with E-state index in [0.717, 1.165) is 12.2 Å². The number of aliphatic hydroxyl groups is 1. The number of rotatable bonds is 2. The first kappa shape index (κ1) is 14.3. The second-order valence-corrected chi connectivity index (χ2v) is 7.02. The standard InChI is InChI=1S/C13H15BrF2OS/c1-8-13(17,5-2-6-18-8)7-9-11(15)4-3-10(14)12(9)16/h3-4,8,17H,2,5-7H2,1H3. The molecule has 0 aliphatic carbocycles. The van der Waals surface area contributed by atoms with Crippen molar-refractivity contribution in [3.63, 3.8) is 0 Å². The Kier molecular flexibility index (Phi) is 4.34. The first-order valence-corrected chi connectivity index (χ1v) is 7.74. The van der Waals surface area contributed by atoms with Crippen molar-refractivity contribution in [1.29, 1.82) is 0 Å². The van der Waals surface area contributed by atoms with Gasteiger partial charge in [-0.2, -0.15) is 11.8 Å². The summed E-state index contributed by atoms with van der Waals surface area (Å²) in [6, 6.07) is 2.57. The Morgan fingerprint density at radius 1 is 1.50 bits per heavy atom. The molecule has 1 N–H and O–H groups in total. The molecule has 0 aromatic heterocycles. The van der Waals surface area contributed by atoms with E-state index in [0.29, 0.717) is 6.42 Å². The maximum atomic E-state index is 13.9. The van der Waals surface area contributed by atoms with E-state index >= 15 is 0 Å². The summed E-state index contributed by atoms with van der Waals surface area (Å²) in [5.41, 5.74) is -1.05. The monoisotopic (exact) mass is 336 g/mol. The average Bonchev–Trinajstić information content (AvgIpc) is 2.34. The van der Waals surface area contributed by atoms with Crippen molar-refractivity contribution in [3.8, 4) is 0 Å². The van der Waals surface area contributed by atoms with Crippen molar-refractivity contribution < 1.29 is 13.9 Å². The van der Waals surface area contributed by atoms with E-state index in [4.69, 9.17) is 0 Å². The van der Waals surface area contributed by atoms with Gasteiger partial charge in [0.1, 0.15) is 11.6 Å². The van der Waals surface area contributed by atoms with Crippen LogP contribution >= 0.6 is 27.7 Å². The second kappa shape index (κ2) is 5.47. The highest BCUT2D eigenvalue weighted by atomic mass is 79.9. The lowest BCUT2D eigenvalue weighted by atomic mass is 9.86. The Morgan fingerprint density at radius 2 is 2.22 bits per heavy atom. The first-order chi connectivity index (χ1) is 8.44. The van der Waals surface area contributed by atoms with E-state index in [-0.39, 0.29) is 21.7 Å². The van der Waals surface area contributed by atoms with Gasteiger partial charge in [0.15, 0.2) is 0 Å². The van der Waals surface area contributed by atoms with Crippen molar-refractivity contribution in [2.45, 2.75) is 37.0 Å². The molecule has 1 heterocycles. The second-order valence-electron chi connectivity index (χ2n) is 4.72. The van der Waals surface area contributed by atoms with Crippen LogP contribution in [0.1, 0.15) is 25.3 Å². The third-order valence-electron chi connectivity index (χ3n) is 3.50. The molecule has 2 unspecified atom stereocenters.